The summed E-state index contributed by atoms with van der Waals surface area (Å²) in [5.41, 5.74) is 10.3. The zero-order valence-corrected chi connectivity index (χ0v) is 11.7. The largest absolute Gasteiger partial charge is 0.355 e. The first-order chi connectivity index (χ1) is 9.76. The molecule has 2 nitrogen and oxygen atoms in total. The van der Waals surface area contributed by atoms with Crippen LogP contribution in [0.1, 0.15) is 37.7 Å². The molecule has 1 aliphatic carbocycles. The van der Waals surface area contributed by atoms with Gasteiger partial charge in [-0.1, -0.05) is 43.5 Å². The maximum Gasteiger partial charge on any atom is 0.0465 e. The molecule has 1 aromatic heterocycles. The van der Waals surface area contributed by atoms with Gasteiger partial charge in [0.05, 0.1) is 0 Å². The van der Waals surface area contributed by atoms with Gasteiger partial charge in [0.25, 0.3) is 0 Å². The van der Waals surface area contributed by atoms with E-state index >= 15 is 0 Å². The first-order valence-electron chi connectivity index (χ1n) is 7.56. The van der Waals surface area contributed by atoms with Crippen molar-refractivity contribution in [1.82, 2.24) is 4.98 Å². The lowest BCUT2D eigenvalue weighted by Gasteiger charge is -2.34. The van der Waals surface area contributed by atoms with Crippen LogP contribution in [0.25, 0.3) is 21.8 Å². The van der Waals surface area contributed by atoms with Gasteiger partial charge in [-0.15, -0.1) is 0 Å². The minimum atomic E-state index is -0.120. The Morgan fingerprint density at radius 2 is 1.60 bits per heavy atom. The highest BCUT2D eigenvalue weighted by atomic mass is 14.7. The molecule has 20 heavy (non-hydrogen) atoms. The number of rotatable bonds is 1. The van der Waals surface area contributed by atoms with Crippen molar-refractivity contribution in [3.63, 3.8) is 0 Å². The van der Waals surface area contributed by atoms with Gasteiger partial charge in [-0.3, -0.25) is 0 Å². The van der Waals surface area contributed by atoms with Crippen molar-refractivity contribution in [2.45, 2.75) is 37.6 Å². The summed E-state index contributed by atoms with van der Waals surface area (Å²) in [5, 5.41) is 2.59. The van der Waals surface area contributed by atoms with Gasteiger partial charge in [-0.25, -0.2) is 0 Å². The number of H-pyrrole nitrogens is 1. The van der Waals surface area contributed by atoms with Gasteiger partial charge in [0, 0.05) is 27.3 Å². The van der Waals surface area contributed by atoms with Crippen LogP contribution in [-0.2, 0) is 5.54 Å². The number of aromatic amines is 1. The Bertz CT molecular complexity index is 763. The van der Waals surface area contributed by atoms with Crippen molar-refractivity contribution in [3.8, 4) is 0 Å². The van der Waals surface area contributed by atoms with Gasteiger partial charge in [0.15, 0.2) is 0 Å². The molecule has 102 valence electrons. The van der Waals surface area contributed by atoms with Crippen molar-refractivity contribution in [1.29, 1.82) is 0 Å². The van der Waals surface area contributed by atoms with E-state index < -0.39 is 0 Å². The molecule has 3 N–H and O–H groups in total. The van der Waals surface area contributed by atoms with Gasteiger partial charge >= 0.3 is 0 Å². The average Bonchev–Trinajstić information content (AvgIpc) is 2.86. The summed E-state index contributed by atoms with van der Waals surface area (Å²) in [4.78, 5) is 3.48. The number of nitrogens with one attached hydrogen (secondary N) is 1. The molecule has 0 spiro atoms. The van der Waals surface area contributed by atoms with Crippen LogP contribution in [0, 0.1) is 0 Å². The third-order valence-electron chi connectivity index (χ3n) is 4.83. The highest BCUT2D eigenvalue weighted by Crippen LogP contribution is 2.37. The quantitative estimate of drug-likeness (QED) is 0.670. The minimum absolute atomic E-state index is 0.120. The summed E-state index contributed by atoms with van der Waals surface area (Å²) in [7, 11) is 0. The summed E-state index contributed by atoms with van der Waals surface area (Å²) >= 11 is 0. The van der Waals surface area contributed by atoms with Crippen molar-refractivity contribution < 1.29 is 0 Å². The maximum absolute atomic E-state index is 6.67. The third kappa shape index (κ3) is 1.75. The van der Waals surface area contributed by atoms with E-state index in [4.69, 9.17) is 5.73 Å². The van der Waals surface area contributed by atoms with E-state index in [-0.39, 0.29) is 5.54 Å². The standard InChI is InChI=1S/C18H20N2/c19-18(10-4-1-5-11-18)13-8-9-17-15(12-13)14-6-2-3-7-16(14)20-17/h2-3,6-9,12,20H,1,4-5,10-11,19H2. The fraction of sp³-hybridized carbons (Fsp3) is 0.333. The number of hydrogen-bond donors (Lipinski definition) is 2. The molecule has 0 aliphatic heterocycles. The van der Waals surface area contributed by atoms with Crippen LogP contribution >= 0.6 is 0 Å². The predicted octanol–water partition coefficient (Wildman–Crippen LogP) is 4.44. The zero-order chi connectivity index (χ0) is 13.6. The number of hydrogen-bond acceptors (Lipinski definition) is 1. The fourth-order valence-corrected chi connectivity index (χ4v) is 3.63. The number of fused-ring (bicyclic) bond motifs is 3. The van der Waals surface area contributed by atoms with Crippen LogP contribution in [0.2, 0.25) is 0 Å². The molecule has 4 rings (SSSR count). The summed E-state index contributed by atoms with van der Waals surface area (Å²) in [6.45, 7) is 0. The smallest absolute Gasteiger partial charge is 0.0465 e. The Morgan fingerprint density at radius 1 is 0.850 bits per heavy atom. The summed E-state index contributed by atoms with van der Waals surface area (Å²) in [6, 6.07) is 15.2. The van der Waals surface area contributed by atoms with E-state index in [0.717, 1.165) is 12.8 Å². The molecule has 0 amide bonds. The van der Waals surface area contributed by atoms with Gasteiger partial charge < -0.3 is 10.7 Å². The number of nitrogens with two attached hydrogens (primary N) is 1. The Labute approximate surface area is 119 Å². The second-order valence-corrected chi connectivity index (χ2v) is 6.15. The highest BCUT2D eigenvalue weighted by molar-refractivity contribution is 6.07. The van der Waals surface area contributed by atoms with Crippen LogP contribution in [-0.4, -0.2) is 4.98 Å². The second-order valence-electron chi connectivity index (χ2n) is 6.15. The molecule has 2 aromatic carbocycles. The number of benzene rings is 2. The predicted molar refractivity (Wildman–Crippen MR) is 84.8 cm³/mol. The molecule has 1 fully saturated rings. The van der Waals surface area contributed by atoms with Crippen LogP contribution in [0.3, 0.4) is 0 Å². The van der Waals surface area contributed by atoms with E-state index in [1.807, 2.05) is 0 Å². The van der Waals surface area contributed by atoms with Crippen LogP contribution in [0.4, 0.5) is 0 Å². The van der Waals surface area contributed by atoms with Crippen molar-refractivity contribution in [3.05, 3.63) is 48.0 Å². The van der Waals surface area contributed by atoms with Gasteiger partial charge in [0.1, 0.15) is 0 Å². The molecule has 1 aliphatic rings. The molecule has 0 saturated heterocycles. The molecule has 2 heteroatoms. The molecular formula is C18H20N2. The average molecular weight is 264 g/mol. The topological polar surface area (TPSA) is 41.8 Å². The molecule has 0 atom stereocenters. The van der Waals surface area contributed by atoms with E-state index in [1.165, 1.54) is 46.6 Å². The molecule has 0 unspecified atom stereocenters. The Morgan fingerprint density at radius 3 is 2.45 bits per heavy atom. The lowest BCUT2D eigenvalue weighted by molar-refractivity contribution is 0.302. The Kier molecular flexibility index (Phi) is 2.61. The third-order valence-corrected chi connectivity index (χ3v) is 4.83. The molecule has 0 bridgehead atoms. The highest BCUT2D eigenvalue weighted by Gasteiger charge is 2.29. The Hall–Kier alpha value is -1.80. The molecular weight excluding hydrogens is 244 g/mol. The second kappa shape index (κ2) is 4.35. The fourth-order valence-electron chi connectivity index (χ4n) is 3.63. The molecule has 3 aromatic rings. The summed E-state index contributed by atoms with van der Waals surface area (Å²) in [5.74, 6) is 0. The molecule has 1 saturated carbocycles. The van der Waals surface area contributed by atoms with E-state index in [1.54, 1.807) is 0 Å². The monoisotopic (exact) mass is 264 g/mol. The van der Waals surface area contributed by atoms with E-state index in [2.05, 4.69) is 47.4 Å². The van der Waals surface area contributed by atoms with E-state index in [0.29, 0.717) is 0 Å². The first-order valence-corrected chi connectivity index (χ1v) is 7.56. The van der Waals surface area contributed by atoms with Gasteiger partial charge in [0.2, 0.25) is 0 Å². The zero-order valence-electron chi connectivity index (χ0n) is 11.7. The maximum atomic E-state index is 6.67. The van der Waals surface area contributed by atoms with Crippen LogP contribution < -0.4 is 5.73 Å². The molecule has 0 radical (unpaired) electrons. The van der Waals surface area contributed by atoms with Crippen molar-refractivity contribution >= 4 is 21.8 Å². The summed E-state index contributed by atoms with van der Waals surface area (Å²) < 4.78 is 0. The van der Waals surface area contributed by atoms with E-state index in [9.17, 15) is 0 Å². The lowest BCUT2D eigenvalue weighted by atomic mass is 9.77. The van der Waals surface area contributed by atoms with Gasteiger partial charge in [-0.2, -0.15) is 0 Å². The summed E-state index contributed by atoms with van der Waals surface area (Å²) in [6.07, 6.45) is 6.06. The normalized spacial score (nSPS) is 18.6. The lowest BCUT2D eigenvalue weighted by Crippen LogP contribution is -2.38. The SMILES string of the molecule is NC1(c2ccc3[nH]c4ccccc4c3c2)CCCCC1. The number of para-hydroxylation sites is 1. The first kappa shape index (κ1) is 12.0. The van der Waals surface area contributed by atoms with Crippen LogP contribution in [0.15, 0.2) is 42.5 Å². The van der Waals surface area contributed by atoms with Crippen molar-refractivity contribution in [2.24, 2.45) is 5.73 Å². The van der Waals surface area contributed by atoms with Gasteiger partial charge in [-0.05, 0) is 36.6 Å². The number of aromatic nitrogens is 1. The Balaban J connectivity index is 1.91. The minimum Gasteiger partial charge on any atom is -0.355 e. The molecule has 1 heterocycles. The van der Waals surface area contributed by atoms with Crippen LogP contribution in [0.5, 0.6) is 0 Å². The van der Waals surface area contributed by atoms with Crippen molar-refractivity contribution in [2.75, 3.05) is 0 Å².